The largest absolute Gasteiger partial charge is 0.309 e. The summed E-state index contributed by atoms with van der Waals surface area (Å²) >= 11 is 0. The van der Waals surface area contributed by atoms with E-state index in [1.165, 1.54) is 0 Å². The molecular formula is C9H21ClN2O. The lowest BCUT2D eigenvalue weighted by molar-refractivity contribution is -0.119. The van der Waals surface area contributed by atoms with Crippen molar-refractivity contribution in [3.63, 3.8) is 0 Å². The summed E-state index contributed by atoms with van der Waals surface area (Å²) in [5, 5.41) is 0. The molecule has 0 aliphatic rings. The molecule has 0 spiro atoms. The van der Waals surface area contributed by atoms with Gasteiger partial charge in [0, 0.05) is 25.9 Å². The molecule has 13 heavy (non-hydrogen) atoms. The van der Waals surface area contributed by atoms with Gasteiger partial charge in [0.25, 0.3) is 0 Å². The van der Waals surface area contributed by atoms with Crippen LogP contribution in [-0.2, 0) is 4.79 Å². The first-order chi connectivity index (χ1) is 5.52. The fourth-order valence-electron chi connectivity index (χ4n) is 0.822. The van der Waals surface area contributed by atoms with Gasteiger partial charge in [0.2, 0.25) is 0 Å². The van der Waals surface area contributed by atoms with Crippen molar-refractivity contribution in [2.45, 2.75) is 12.8 Å². The Morgan fingerprint density at radius 1 is 0.923 bits per heavy atom. The standard InChI is InChI=1S/C9H20N2O.ClH/c1-10(2)7-5-9(12)6-8-11(3)4;/h5-8H2,1-4H3;1H. The minimum Gasteiger partial charge on any atom is -0.309 e. The molecule has 0 aromatic heterocycles. The molecule has 0 aliphatic heterocycles. The highest BCUT2D eigenvalue weighted by atomic mass is 35.5. The zero-order valence-electron chi connectivity index (χ0n) is 9.04. The van der Waals surface area contributed by atoms with Crippen LogP contribution in [0, 0.1) is 0 Å². The van der Waals surface area contributed by atoms with Gasteiger partial charge in [-0.25, -0.2) is 0 Å². The topological polar surface area (TPSA) is 23.6 Å². The van der Waals surface area contributed by atoms with Crippen LogP contribution >= 0.6 is 12.4 Å². The highest BCUT2D eigenvalue weighted by Crippen LogP contribution is 1.92. The van der Waals surface area contributed by atoms with Crippen LogP contribution in [0.15, 0.2) is 0 Å². The Hall–Kier alpha value is -0.120. The molecule has 0 radical (unpaired) electrons. The summed E-state index contributed by atoms with van der Waals surface area (Å²) in [6.07, 6.45) is 1.36. The average Bonchev–Trinajstić information content (AvgIpc) is 1.96. The van der Waals surface area contributed by atoms with Crippen molar-refractivity contribution in [3.8, 4) is 0 Å². The second kappa shape index (κ2) is 8.48. The zero-order valence-corrected chi connectivity index (χ0v) is 9.86. The summed E-state index contributed by atoms with van der Waals surface area (Å²) in [6, 6.07) is 0. The molecule has 0 atom stereocenters. The van der Waals surface area contributed by atoms with Crippen LogP contribution in [0.1, 0.15) is 12.8 Å². The number of ketones is 1. The minimum atomic E-state index is 0. The van der Waals surface area contributed by atoms with Gasteiger partial charge in [-0.3, -0.25) is 4.79 Å². The monoisotopic (exact) mass is 208 g/mol. The van der Waals surface area contributed by atoms with Crippen LogP contribution < -0.4 is 0 Å². The van der Waals surface area contributed by atoms with E-state index in [2.05, 4.69) is 0 Å². The molecule has 0 N–H and O–H groups in total. The van der Waals surface area contributed by atoms with Crippen molar-refractivity contribution in [2.24, 2.45) is 0 Å². The van der Waals surface area contributed by atoms with E-state index in [0.29, 0.717) is 18.6 Å². The normalized spacial score (nSPS) is 10.3. The maximum atomic E-state index is 11.2. The maximum Gasteiger partial charge on any atom is 0.135 e. The van der Waals surface area contributed by atoms with E-state index in [4.69, 9.17) is 0 Å². The SMILES string of the molecule is CN(C)CCC(=O)CCN(C)C.Cl. The second-order valence-corrected chi connectivity index (χ2v) is 3.65. The van der Waals surface area contributed by atoms with E-state index >= 15 is 0 Å². The molecule has 0 amide bonds. The van der Waals surface area contributed by atoms with Gasteiger partial charge in [-0.15, -0.1) is 12.4 Å². The van der Waals surface area contributed by atoms with E-state index in [-0.39, 0.29) is 12.4 Å². The van der Waals surface area contributed by atoms with Gasteiger partial charge in [-0.05, 0) is 28.2 Å². The second-order valence-electron chi connectivity index (χ2n) is 3.65. The summed E-state index contributed by atoms with van der Waals surface area (Å²) in [4.78, 5) is 15.3. The van der Waals surface area contributed by atoms with Crippen LogP contribution in [0.2, 0.25) is 0 Å². The molecule has 4 heteroatoms. The molecule has 0 aliphatic carbocycles. The maximum absolute atomic E-state index is 11.2. The van der Waals surface area contributed by atoms with Gasteiger partial charge >= 0.3 is 0 Å². The van der Waals surface area contributed by atoms with Crippen molar-refractivity contribution in [3.05, 3.63) is 0 Å². The van der Waals surface area contributed by atoms with Crippen molar-refractivity contribution >= 4 is 18.2 Å². The lowest BCUT2D eigenvalue weighted by Crippen LogP contribution is -2.20. The molecule has 0 aromatic rings. The molecule has 0 aromatic carbocycles. The fourth-order valence-corrected chi connectivity index (χ4v) is 0.822. The van der Waals surface area contributed by atoms with Gasteiger partial charge in [-0.2, -0.15) is 0 Å². The summed E-state index contributed by atoms with van der Waals surface area (Å²) in [5.41, 5.74) is 0. The van der Waals surface area contributed by atoms with E-state index in [1.54, 1.807) is 0 Å². The Kier molecular flexibility index (Phi) is 10.0. The van der Waals surface area contributed by atoms with Gasteiger partial charge in [0.05, 0.1) is 0 Å². The Morgan fingerprint density at radius 3 is 1.46 bits per heavy atom. The number of hydrogen-bond donors (Lipinski definition) is 0. The fraction of sp³-hybridized carbons (Fsp3) is 0.889. The molecular weight excluding hydrogens is 188 g/mol. The Balaban J connectivity index is 0. The predicted molar refractivity (Wildman–Crippen MR) is 58.6 cm³/mol. The van der Waals surface area contributed by atoms with E-state index < -0.39 is 0 Å². The van der Waals surface area contributed by atoms with Crippen molar-refractivity contribution < 1.29 is 4.79 Å². The average molecular weight is 209 g/mol. The first-order valence-corrected chi connectivity index (χ1v) is 4.33. The van der Waals surface area contributed by atoms with Gasteiger partial charge in [0.15, 0.2) is 0 Å². The van der Waals surface area contributed by atoms with Crippen LogP contribution in [0.4, 0.5) is 0 Å². The number of hydrogen-bond acceptors (Lipinski definition) is 3. The van der Waals surface area contributed by atoms with Crippen LogP contribution in [0.5, 0.6) is 0 Å². The summed E-state index contributed by atoms with van der Waals surface area (Å²) < 4.78 is 0. The Bertz CT molecular complexity index is 124. The molecule has 0 heterocycles. The minimum absolute atomic E-state index is 0. The molecule has 0 saturated carbocycles. The van der Waals surface area contributed by atoms with Crippen molar-refractivity contribution in [1.29, 1.82) is 0 Å². The highest BCUT2D eigenvalue weighted by Gasteiger charge is 2.02. The third kappa shape index (κ3) is 11.9. The van der Waals surface area contributed by atoms with Crippen LogP contribution in [0.3, 0.4) is 0 Å². The number of carbonyl (C=O) groups excluding carboxylic acids is 1. The summed E-state index contributed by atoms with van der Waals surface area (Å²) in [5.74, 6) is 0.359. The molecule has 0 rings (SSSR count). The first kappa shape index (κ1) is 15.4. The molecule has 0 saturated heterocycles. The lowest BCUT2D eigenvalue weighted by Gasteiger charge is -2.10. The van der Waals surface area contributed by atoms with Gasteiger partial charge < -0.3 is 9.80 Å². The lowest BCUT2D eigenvalue weighted by atomic mass is 10.2. The number of carbonyl (C=O) groups is 1. The summed E-state index contributed by atoms with van der Waals surface area (Å²) in [7, 11) is 7.94. The van der Waals surface area contributed by atoms with Crippen molar-refractivity contribution in [1.82, 2.24) is 9.80 Å². The molecule has 0 unspecified atom stereocenters. The van der Waals surface area contributed by atoms with E-state index in [9.17, 15) is 4.79 Å². The third-order valence-electron chi connectivity index (χ3n) is 1.68. The Labute approximate surface area is 87.5 Å². The Morgan fingerprint density at radius 2 is 1.23 bits per heavy atom. The number of Topliss-reactive ketones (excluding diaryl/α,β-unsaturated/α-hetero) is 1. The molecule has 0 bridgehead atoms. The highest BCUT2D eigenvalue weighted by molar-refractivity contribution is 5.85. The number of rotatable bonds is 6. The first-order valence-electron chi connectivity index (χ1n) is 4.33. The van der Waals surface area contributed by atoms with Gasteiger partial charge in [0.1, 0.15) is 5.78 Å². The number of halogens is 1. The summed E-state index contributed by atoms with van der Waals surface area (Å²) in [6.45, 7) is 1.73. The zero-order chi connectivity index (χ0) is 9.56. The predicted octanol–water partition coefficient (Wildman–Crippen LogP) is 0.881. The number of nitrogens with zero attached hydrogens (tertiary/aromatic N) is 2. The smallest absolute Gasteiger partial charge is 0.135 e. The van der Waals surface area contributed by atoms with Crippen LogP contribution in [0.25, 0.3) is 0 Å². The van der Waals surface area contributed by atoms with E-state index in [1.807, 2.05) is 38.0 Å². The molecule has 0 fully saturated rings. The van der Waals surface area contributed by atoms with Crippen molar-refractivity contribution in [2.75, 3.05) is 41.3 Å². The molecule has 80 valence electrons. The van der Waals surface area contributed by atoms with Gasteiger partial charge in [-0.1, -0.05) is 0 Å². The molecule has 3 nitrogen and oxygen atoms in total. The van der Waals surface area contributed by atoms with Crippen LogP contribution in [-0.4, -0.2) is 56.9 Å². The van der Waals surface area contributed by atoms with E-state index in [0.717, 1.165) is 13.1 Å². The third-order valence-corrected chi connectivity index (χ3v) is 1.68. The quantitative estimate of drug-likeness (QED) is 0.648.